The van der Waals surface area contributed by atoms with Crippen LogP contribution in [0.1, 0.15) is 246 Å². The molecule has 5 heteroatoms. The summed E-state index contributed by atoms with van der Waals surface area (Å²) < 4.78 is 26.3. The molecule has 0 aromatic heterocycles. The Kier molecular flexibility index (Phi) is 30.8. The maximum absolute atomic E-state index is 6.70. The molecule has 0 amide bonds. The topological polar surface area (TPSA) is 36.9 Å². The monoisotopic (exact) mass is 895 g/mol. The van der Waals surface area contributed by atoms with Crippen LogP contribution < -0.4 is 18.9 Å². The zero-order valence-corrected chi connectivity index (χ0v) is 44.1. The highest BCUT2D eigenvalue weighted by molar-refractivity contribution is 6.90. The molecule has 0 radical (unpaired) electrons. The number of hydrogen-bond acceptors (Lipinski definition) is 4. The summed E-state index contributed by atoms with van der Waals surface area (Å²) in [5, 5.41) is 0. The summed E-state index contributed by atoms with van der Waals surface area (Å²) >= 11 is 0. The Hall–Kier alpha value is -3.46. The van der Waals surface area contributed by atoms with Crippen molar-refractivity contribution < 1.29 is 18.9 Å². The Bertz CT molecular complexity index is 1690. The SMILES string of the molecule is C#Cc1cc(OCCCCCCCC)c(C#Cc2cc(OCCCCCCCC)c(C#C[Si](C(C)C)(C(C)C)C(C)C)cc2OCCCCCCCC)cc1OCCCCCCCC. The summed E-state index contributed by atoms with van der Waals surface area (Å²) in [4.78, 5) is 0. The second kappa shape index (κ2) is 34.8. The van der Waals surface area contributed by atoms with Crippen LogP contribution in [0.2, 0.25) is 16.6 Å². The molecule has 0 N–H and O–H groups in total. The Balaban J connectivity index is 2.72. The zero-order valence-electron chi connectivity index (χ0n) is 43.1. The van der Waals surface area contributed by atoms with Gasteiger partial charge in [0.05, 0.1) is 48.7 Å². The lowest BCUT2D eigenvalue weighted by Gasteiger charge is -2.38. The molecule has 0 unspecified atom stereocenters. The first-order valence-electron chi connectivity index (χ1n) is 26.5. The standard InChI is InChI=1S/C59H94O4Si/c1-12-17-21-25-29-33-40-60-56-46-53(57(45-52(56)16-5)61-41-34-30-26-22-18-13-2)37-38-54-47-59(63-43-36-32-28-24-20-15-4)55(39-44-64(49(6)7,50(8)9)51(10)11)48-58(54)62-42-35-31-27-23-19-14-3/h5,45-51H,12-15,17-36,40-43H2,1-4,6-11H3. The lowest BCUT2D eigenvalue weighted by Crippen LogP contribution is -2.43. The van der Waals surface area contributed by atoms with Crippen molar-refractivity contribution >= 4 is 8.07 Å². The Morgan fingerprint density at radius 2 is 0.625 bits per heavy atom. The fraction of sp³-hybridized carbons (Fsp3) is 0.695. The summed E-state index contributed by atoms with van der Waals surface area (Å²) in [6.07, 6.45) is 34.9. The number of rotatable bonds is 35. The van der Waals surface area contributed by atoms with Crippen molar-refractivity contribution in [3.8, 4) is 58.6 Å². The van der Waals surface area contributed by atoms with Crippen LogP contribution in [-0.4, -0.2) is 34.5 Å². The van der Waals surface area contributed by atoms with E-state index >= 15 is 0 Å². The van der Waals surface area contributed by atoms with Crippen LogP contribution in [0.15, 0.2) is 24.3 Å². The Labute approximate surface area is 396 Å². The zero-order chi connectivity index (χ0) is 46.8. The van der Waals surface area contributed by atoms with Gasteiger partial charge in [0.2, 0.25) is 0 Å². The van der Waals surface area contributed by atoms with Crippen LogP contribution in [-0.2, 0) is 0 Å². The van der Waals surface area contributed by atoms with Crippen molar-refractivity contribution in [3.05, 3.63) is 46.5 Å². The summed E-state index contributed by atoms with van der Waals surface area (Å²) in [5.41, 5.74) is 8.73. The number of ether oxygens (including phenoxy) is 4. The van der Waals surface area contributed by atoms with Gasteiger partial charge < -0.3 is 18.9 Å². The van der Waals surface area contributed by atoms with Crippen LogP contribution in [0, 0.1) is 35.6 Å². The van der Waals surface area contributed by atoms with E-state index in [4.69, 9.17) is 25.4 Å². The summed E-state index contributed by atoms with van der Waals surface area (Å²) in [6, 6.07) is 8.17. The van der Waals surface area contributed by atoms with Gasteiger partial charge in [-0.15, -0.1) is 12.0 Å². The molecule has 0 fully saturated rings. The highest BCUT2D eigenvalue weighted by Gasteiger charge is 2.41. The molecule has 0 aliphatic heterocycles. The maximum atomic E-state index is 6.70. The third kappa shape index (κ3) is 21.2. The summed E-state index contributed by atoms with van der Waals surface area (Å²) in [6.45, 7) is 25.8. The number of unbranched alkanes of at least 4 members (excludes halogenated alkanes) is 20. The third-order valence-corrected chi connectivity index (χ3v) is 19.2. The fourth-order valence-corrected chi connectivity index (χ4v) is 14.2. The van der Waals surface area contributed by atoms with E-state index in [0.29, 0.717) is 60.1 Å². The van der Waals surface area contributed by atoms with Crippen molar-refractivity contribution in [2.75, 3.05) is 26.4 Å². The van der Waals surface area contributed by atoms with Crippen LogP contribution in [0.25, 0.3) is 0 Å². The van der Waals surface area contributed by atoms with E-state index < -0.39 is 8.07 Å². The van der Waals surface area contributed by atoms with Gasteiger partial charge in [0.1, 0.15) is 31.1 Å². The molecule has 0 aliphatic carbocycles. The van der Waals surface area contributed by atoms with E-state index in [-0.39, 0.29) is 0 Å². The van der Waals surface area contributed by atoms with Gasteiger partial charge in [-0.05, 0) is 42.3 Å². The molecule has 64 heavy (non-hydrogen) atoms. The van der Waals surface area contributed by atoms with Gasteiger partial charge in [-0.1, -0.05) is 221 Å². The lowest BCUT2D eigenvalue weighted by atomic mass is 10.1. The van der Waals surface area contributed by atoms with E-state index in [9.17, 15) is 0 Å². The highest BCUT2D eigenvalue weighted by atomic mass is 28.3. The average molecular weight is 895 g/mol. The molecule has 0 spiro atoms. The molecular formula is C59H94O4Si. The van der Waals surface area contributed by atoms with E-state index in [1.165, 1.54) is 103 Å². The van der Waals surface area contributed by atoms with E-state index in [0.717, 1.165) is 79.6 Å². The van der Waals surface area contributed by atoms with Gasteiger partial charge in [-0.3, -0.25) is 0 Å². The molecule has 0 aliphatic rings. The lowest BCUT2D eigenvalue weighted by molar-refractivity contribution is 0.295. The minimum absolute atomic E-state index is 0.527. The summed E-state index contributed by atoms with van der Waals surface area (Å²) in [5.74, 6) is 16.7. The first-order chi connectivity index (χ1) is 31.1. The minimum atomic E-state index is -2.02. The maximum Gasteiger partial charge on any atom is 0.146 e. The smallest absolute Gasteiger partial charge is 0.146 e. The first kappa shape index (κ1) is 56.7. The fourth-order valence-electron chi connectivity index (χ4n) is 9.00. The summed E-state index contributed by atoms with van der Waals surface area (Å²) in [7, 11) is -2.02. The predicted molar refractivity (Wildman–Crippen MR) is 280 cm³/mol. The van der Waals surface area contributed by atoms with Crippen LogP contribution in [0.4, 0.5) is 0 Å². The van der Waals surface area contributed by atoms with Crippen LogP contribution in [0.5, 0.6) is 23.0 Å². The van der Waals surface area contributed by atoms with Gasteiger partial charge in [0.15, 0.2) is 0 Å². The molecule has 2 rings (SSSR count). The van der Waals surface area contributed by atoms with E-state index in [2.05, 4.69) is 111 Å². The van der Waals surface area contributed by atoms with Gasteiger partial charge in [0.25, 0.3) is 0 Å². The molecule has 2 aromatic rings. The van der Waals surface area contributed by atoms with E-state index in [1.807, 2.05) is 12.1 Å². The van der Waals surface area contributed by atoms with E-state index in [1.54, 1.807) is 0 Å². The van der Waals surface area contributed by atoms with Crippen molar-refractivity contribution in [3.63, 3.8) is 0 Å². The van der Waals surface area contributed by atoms with Gasteiger partial charge >= 0.3 is 0 Å². The van der Waals surface area contributed by atoms with Gasteiger partial charge in [-0.2, -0.15) is 0 Å². The van der Waals surface area contributed by atoms with Crippen molar-refractivity contribution in [2.45, 2.75) is 240 Å². The molecular weight excluding hydrogens is 801 g/mol. The molecule has 0 atom stereocenters. The van der Waals surface area contributed by atoms with Gasteiger partial charge in [0, 0.05) is 24.3 Å². The molecule has 0 saturated carbocycles. The quantitative estimate of drug-likeness (QED) is 0.0392. The Morgan fingerprint density at radius 1 is 0.375 bits per heavy atom. The molecule has 0 saturated heterocycles. The highest BCUT2D eigenvalue weighted by Crippen LogP contribution is 2.41. The average Bonchev–Trinajstić information content (AvgIpc) is 3.27. The molecule has 4 nitrogen and oxygen atoms in total. The number of terminal acetylenes is 1. The van der Waals surface area contributed by atoms with Crippen molar-refractivity contribution in [1.82, 2.24) is 0 Å². The molecule has 2 aromatic carbocycles. The van der Waals surface area contributed by atoms with Crippen LogP contribution >= 0.6 is 0 Å². The normalized spacial score (nSPS) is 11.3. The second-order valence-electron chi connectivity index (χ2n) is 19.2. The van der Waals surface area contributed by atoms with Crippen molar-refractivity contribution in [2.24, 2.45) is 0 Å². The molecule has 0 heterocycles. The van der Waals surface area contributed by atoms with Crippen molar-refractivity contribution in [1.29, 1.82) is 0 Å². The number of benzene rings is 2. The molecule has 358 valence electrons. The van der Waals surface area contributed by atoms with Gasteiger partial charge in [-0.25, -0.2) is 0 Å². The van der Waals surface area contributed by atoms with Crippen LogP contribution in [0.3, 0.4) is 0 Å². The first-order valence-corrected chi connectivity index (χ1v) is 28.7. The largest absolute Gasteiger partial charge is 0.492 e. The predicted octanol–water partition coefficient (Wildman–Crippen LogP) is 17.6. The number of hydrogen-bond donors (Lipinski definition) is 0. The molecule has 0 bridgehead atoms. The minimum Gasteiger partial charge on any atom is -0.492 e. The third-order valence-electron chi connectivity index (χ3n) is 13.0. The Morgan fingerprint density at radius 3 is 0.906 bits per heavy atom. The second-order valence-corrected chi connectivity index (χ2v) is 24.8.